The Labute approximate surface area is 186 Å². The van der Waals surface area contributed by atoms with Gasteiger partial charge in [-0.1, -0.05) is 30.3 Å². The molecule has 1 saturated heterocycles. The smallest absolute Gasteiger partial charge is 0.327 e. The Kier molecular flexibility index (Phi) is 5.85. The van der Waals surface area contributed by atoms with Gasteiger partial charge in [-0.25, -0.2) is 4.79 Å². The molecule has 4 amide bonds. The van der Waals surface area contributed by atoms with Gasteiger partial charge in [0, 0.05) is 56.4 Å². The molecule has 3 aromatic rings. The van der Waals surface area contributed by atoms with Gasteiger partial charge in [-0.2, -0.15) is 0 Å². The lowest BCUT2D eigenvalue weighted by atomic mass is 9.90. The molecule has 0 aliphatic carbocycles. The summed E-state index contributed by atoms with van der Waals surface area (Å²) in [7, 11) is 5.53. The minimum atomic E-state index is -0.447. The van der Waals surface area contributed by atoms with Crippen LogP contribution in [0.25, 0.3) is 10.9 Å². The minimum absolute atomic E-state index is 0.00228. The van der Waals surface area contributed by atoms with E-state index < -0.39 is 6.03 Å². The first kappa shape index (κ1) is 21.4. The molecule has 4 rings (SSSR count). The predicted octanol–water partition coefficient (Wildman–Crippen LogP) is 2.38. The first-order valence-corrected chi connectivity index (χ1v) is 10.5. The molecule has 0 radical (unpaired) electrons. The van der Waals surface area contributed by atoms with E-state index in [-0.39, 0.29) is 30.8 Å². The third-order valence-corrected chi connectivity index (χ3v) is 5.84. The molecule has 1 aliphatic rings. The molecule has 2 aromatic carbocycles. The number of para-hydroxylation sites is 1. The number of likely N-dealkylation sites (N-methyl/N-ethyl adjacent to an activating group) is 1. The number of amides is 4. The van der Waals surface area contributed by atoms with E-state index in [1.807, 2.05) is 43.4 Å². The summed E-state index contributed by atoms with van der Waals surface area (Å²) in [6.45, 7) is 0.0680. The number of carbonyl (C=O) groups is 3. The van der Waals surface area contributed by atoms with E-state index >= 15 is 0 Å². The summed E-state index contributed by atoms with van der Waals surface area (Å²) in [5.74, 6) is -0.823. The van der Waals surface area contributed by atoms with Crippen LogP contribution >= 0.6 is 0 Å². The fraction of sp³-hybridized carbons (Fsp3) is 0.292. The number of anilines is 1. The molecule has 8 nitrogen and oxygen atoms in total. The monoisotopic (exact) mass is 433 g/mol. The van der Waals surface area contributed by atoms with E-state index in [9.17, 15) is 14.4 Å². The van der Waals surface area contributed by atoms with Crippen molar-refractivity contribution in [2.45, 2.75) is 5.92 Å². The number of rotatable bonds is 7. The lowest BCUT2D eigenvalue weighted by molar-refractivity contribution is -0.130. The fourth-order valence-corrected chi connectivity index (χ4v) is 4.03. The standard InChI is InChI=1S/C24H27N5O3/c1-27(2)17-10-8-16(9-11-17)19(20-13-25-21-7-5-4-6-18(20)21)12-26-22(30)14-29-23(31)15-28(3)24(29)32/h4-11,13,19,25H,12,14-15H2,1-3H3,(H,26,30). The quantitative estimate of drug-likeness (QED) is 0.560. The maximum absolute atomic E-state index is 12.6. The number of nitrogens with zero attached hydrogens (tertiary/aromatic N) is 3. The van der Waals surface area contributed by atoms with E-state index in [0.29, 0.717) is 6.54 Å². The highest BCUT2D eigenvalue weighted by atomic mass is 16.2. The molecule has 8 heteroatoms. The Bertz CT molecular complexity index is 1150. The van der Waals surface area contributed by atoms with Crippen molar-refractivity contribution in [1.29, 1.82) is 0 Å². The molecular formula is C24H27N5O3. The summed E-state index contributed by atoms with van der Waals surface area (Å²) in [6, 6.07) is 15.8. The molecule has 2 N–H and O–H groups in total. The van der Waals surface area contributed by atoms with Crippen LogP contribution < -0.4 is 10.2 Å². The zero-order valence-corrected chi connectivity index (χ0v) is 18.5. The van der Waals surface area contributed by atoms with Gasteiger partial charge >= 0.3 is 6.03 Å². The molecule has 0 spiro atoms. The number of urea groups is 1. The highest BCUT2D eigenvalue weighted by Gasteiger charge is 2.34. The summed E-state index contributed by atoms with van der Waals surface area (Å²) >= 11 is 0. The highest BCUT2D eigenvalue weighted by molar-refractivity contribution is 6.04. The van der Waals surface area contributed by atoms with Gasteiger partial charge in [0.05, 0.1) is 0 Å². The Morgan fingerprint density at radius 1 is 1.12 bits per heavy atom. The number of H-pyrrole nitrogens is 1. The van der Waals surface area contributed by atoms with Gasteiger partial charge < -0.3 is 20.1 Å². The molecule has 1 fully saturated rings. The second kappa shape index (κ2) is 8.74. The lowest BCUT2D eigenvalue weighted by Crippen LogP contribution is -2.42. The first-order valence-electron chi connectivity index (χ1n) is 10.5. The van der Waals surface area contributed by atoms with Crippen molar-refractivity contribution in [2.75, 3.05) is 45.7 Å². The zero-order chi connectivity index (χ0) is 22.8. The van der Waals surface area contributed by atoms with Crippen LogP contribution in [0, 0.1) is 0 Å². The number of fused-ring (bicyclic) bond motifs is 1. The minimum Gasteiger partial charge on any atom is -0.378 e. The van der Waals surface area contributed by atoms with Crippen molar-refractivity contribution in [3.05, 3.63) is 65.9 Å². The van der Waals surface area contributed by atoms with Gasteiger partial charge in [0.1, 0.15) is 13.1 Å². The molecule has 1 unspecified atom stereocenters. The topological polar surface area (TPSA) is 88.8 Å². The van der Waals surface area contributed by atoms with Crippen molar-refractivity contribution in [1.82, 2.24) is 20.1 Å². The van der Waals surface area contributed by atoms with E-state index in [4.69, 9.17) is 0 Å². The number of carbonyl (C=O) groups excluding carboxylic acids is 3. The average Bonchev–Trinajstić information content (AvgIpc) is 3.30. The van der Waals surface area contributed by atoms with E-state index in [1.54, 1.807) is 7.05 Å². The van der Waals surface area contributed by atoms with Crippen LogP contribution in [0.5, 0.6) is 0 Å². The van der Waals surface area contributed by atoms with E-state index in [2.05, 4.69) is 40.6 Å². The fourth-order valence-electron chi connectivity index (χ4n) is 4.03. The van der Waals surface area contributed by atoms with E-state index in [1.165, 1.54) is 4.90 Å². The maximum Gasteiger partial charge on any atom is 0.327 e. The maximum atomic E-state index is 12.6. The van der Waals surface area contributed by atoms with Crippen molar-refractivity contribution in [2.24, 2.45) is 0 Å². The number of hydrogen-bond donors (Lipinski definition) is 2. The largest absolute Gasteiger partial charge is 0.378 e. The van der Waals surface area contributed by atoms with Crippen LogP contribution in [0.1, 0.15) is 17.0 Å². The third-order valence-electron chi connectivity index (χ3n) is 5.84. The summed E-state index contributed by atoms with van der Waals surface area (Å²) in [4.78, 5) is 44.3. The van der Waals surface area contributed by atoms with Gasteiger partial charge in [0.2, 0.25) is 5.91 Å². The second-order valence-electron chi connectivity index (χ2n) is 8.25. The summed E-state index contributed by atoms with van der Waals surface area (Å²) in [6.07, 6.45) is 1.98. The Morgan fingerprint density at radius 3 is 2.50 bits per heavy atom. The molecule has 0 saturated carbocycles. The Balaban J connectivity index is 1.56. The molecule has 0 bridgehead atoms. The van der Waals surface area contributed by atoms with Crippen LogP contribution in [-0.2, 0) is 9.59 Å². The lowest BCUT2D eigenvalue weighted by Gasteiger charge is -2.21. The van der Waals surface area contributed by atoms with Gasteiger partial charge in [0.15, 0.2) is 0 Å². The summed E-state index contributed by atoms with van der Waals surface area (Å²) < 4.78 is 0. The molecule has 1 atom stereocenters. The SMILES string of the molecule is CN1CC(=O)N(CC(=O)NCC(c2ccc(N(C)C)cc2)c2c[nH]c3ccccc23)C1=O. The van der Waals surface area contributed by atoms with Crippen molar-refractivity contribution >= 4 is 34.4 Å². The van der Waals surface area contributed by atoms with Crippen molar-refractivity contribution in [3.8, 4) is 0 Å². The number of aromatic amines is 1. The molecule has 2 heterocycles. The number of nitrogens with one attached hydrogen (secondary N) is 2. The molecule has 1 aliphatic heterocycles. The van der Waals surface area contributed by atoms with Crippen molar-refractivity contribution < 1.29 is 14.4 Å². The van der Waals surface area contributed by atoms with Crippen LogP contribution in [-0.4, -0.2) is 73.4 Å². The van der Waals surface area contributed by atoms with Gasteiger partial charge in [-0.3, -0.25) is 14.5 Å². The predicted molar refractivity (Wildman–Crippen MR) is 124 cm³/mol. The highest BCUT2D eigenvalue weighted by Crippen LogP contribution is 2.31. The average molecular weight is 434 g/mol. The molecule has 32 heavy (non-hydrogen) atoms. The Morgan fingerprint density at radius 2 is 1.84 bits per heavy atom. The number of hydrogen-bond acceptors (Lipinski definition) is 4. The summed E-state index contributed by atoms with van der Waals surface area (Å²) in [5.41, 5.74) is 4.26. The van der Waals surface area contributed by atoms with Crippen LogP contribution in [0.15, 0.2) is 54.7 Å². The molecular weight excluding hydrogens is 406 g/mol. The third kappa shape index (κ3) is 4.16. The first-order chi connectivity index (χ1) is 15.3. The van der Waals surface area contributed by atoms with Crippen LogP contribution in [0.3, 0.4) is 0 Å². The van der Waals surface area contributed by atoms with E-state index in [0.717, 1.165) is 32.6 Å². The van der Waals surface area contributed by atoms with Crippen LogP contribution in [0.4, 0.5) is 10.5 Å². The normalized spacial score (nSPS) is 14.8. The van der Waals surface area contributed by atoms with Gasteiger partial charge in [-0.05, 0) is 29.3 Å². The molecule has 1 aromatic heterocycles. The zero-order valence-electron chi connectivity index (χ0n) is 18.5. The van der Waals surface area contributed by atoms with Gasteiger partial charge in [0.25, 0.3) is 5.91 Å². The van der Waals surface area contributed by atoms with Crippen molar-refractivity contribution in [3.63, 3.8) is 0 Å². The molecule has 166 valence electrons. The number of aromatic nitrogens is 1. The number of benzene rings is 2. The Hall–Kier alpha value is -3.81. The van der Waals surface area contributed by atoms with Crippen LogP contribution in [0.2, 0.25) is 0 Å². The number of imide groups is 1. The summed E-state index contributed by atoms with van der Waals surface area (Å²) in [5, 5.41) is 4.02. The second-order valence-corrected chi connectivity index (χ2v) is 8.25. The van der Waals surface area contributed by atoms with Gasteiger partial charge in [-0.15, -0.1) is 0 Å².